The van der Waals surface area contributed by atoms with Crippen LogP contribution in [0.1, 0.15) is 10.6 Å². The monoisotopic (exact) mass is 316 g/mol. The first kappa shape index (κ1) is 14.1. The number of aromatic nitrogens is 4. The Kier molecular flexibility index (Phi) is 3.79. The van der Waals surface area contributed by atoms with Crippen LogP contribution in [0, 0.1) is 6.92 Å². The van der Waals surface area contributed by atoms with E-state index in [0.717, 1.165) is 9.39 Å². The van der Waals surface area contributed by atoms with Gasteiger partial charge >= 0.3 is 0 Å². The zero-order valence-electron chi connectivity index (χ0n) is 11.6. The van der Waals surface area contributed by atoms with Gasteiger partial charge in [0.25, 0.3) is 11.5 Å². The van der Waals surface area contributed by atoms with Crippen LogP contribution >= 0.6 is 11.3 Å². The molecule has 0 atom stereocenters. The molecule has 1 N–H and O–H groups in total. The average Bonchev–Trinajstić information content (AvgIpc) is 3.14. The fourth-order valence-corrected chi connectivity index (χ4v) is 2.54. The summed E-state index contributed by atoms with van der Waals surface area (Å²) in [7, 11) is 0. The molecule has 0 saturated carbocycles. The predicted molar refractivity (Wildman–Crippen MR) is 82.0 cm³/mol. The number of aryl methyl sites for hydroxylation is 1. The SMILES string of the molecule is Cc1cc(=O)n2ncnc2n1CC(=O)N/N=C/c1cccs1. The molecule has 0 radical (unpaired) electrons. The van der Waals surface area contributed by atoms with Gasteiger partial charge in [-0.25, -0.2) is 5.43 Å². The van der Waals surface area contributed by atoms with Crippen molar-refractivity contribution in [2.24, 2.45) is 5.10 Å². The number of nitrogens with zero attached hydrogens (tertiary/aromatic N) is 5. The number of hydrazone groups is 1. The molecule has 0 aromatic carbocycles. The maximum atomic E-state index is 12.0. The fourth-order valence-electron chi connectivity index (χ4n) is 1.96. The molecule has 3 heterocycles. The molecule has 3 aromatic heterocycles. The molecule has 0 aliphatic carbocycles. The highest BCUT2D eigenvalue weighted by Gasteiger charge is 2.11. The van der Waals surface area contributed by atoms with Crippen molar-refractivity contribution < 1.29 is 4.79 Å². The highest BCUT2D eigenvalue weighted by molar-refractivity contribution is 7.11. The smallest absolute Gasteiger partial charge is 0.275 e. The van der Waals surface area contributed by atoms with E-state index in [2.05, 4.69) is 20.6 Å². The van der Waals surface area contributed by atoms with Crippen LogP contribution in [0.3, 0.4) is 0 Å². The molecule has 22 heavy (non-hydrogen) atoms. The standard InChI is InChI=1S/C13H12N6O2S/c1-9-5-12(21)19-13(14-8-16-19)18(9)7-11(20)17-15-6-10-3-2-4-22-10/h2-6,8H,7H2,1H3,(H,17,20)/b15-6+. The lowest BCUT2D eigenvalue weighted by atomic mass is 10.4. The van der Waals surface area contributed by atoms with Crippen LogP contribution in [0.5, 0.6) is 0 Å². The van der Waals surface area contributed by atoms with Gasteiger partial charge in [0.15, 0.2) is 0 Å². The Morgan fingerprint density at radius 3 is 3.18 bits per heavy atom. The summed E-state index contributed by atoms with van der Waals surface area (Å²) in [5.74, 6) is 0.00633. The molecule has 1 amide bonds. The molecular formula is C13H12N6O2S. The quantitative estimate of drug-likeness (QED) is 0.557. The summed E-state index contributed by atoms with van der Waals surface area (Å²) in [6, 6.07) is 5.20. The topological polar surface area (TPSA) is 93.7 Å². The number of hydrogen-bond donors (Lipinski definition) is 1. The second-order valence-corrected chi connectivity index (χ2v) is 5.47. The molecule has 3 rings (SSSR count). The van der Waals surface area contributed by atoms with Crippen LogP contribution in [0.4, 0.5) is 0 Å². The number of carbonyl (C=O) groups excluding carboxylic acids is 1. The lowest BCUT2D eigenvalue weighted by Crippen LogP contribution is -2.27. The van der Waals surface area contributed by atoms with E-state index in [-0.39, 0.29) is 18.0 Å². The van der Waals surface area contributed by atoms with Crippen molar-refractivity contribution in [3.63, 3.8) is 0 Å². The molecule has 0 spiro atoms. The maximum Gasteiger partial charge on any atom is 0.275 e. The normalized spacial score (nSPS) is 11.3. The second-order valence-electron chi connectivity index (χ2n) is 4.49. The zero-order chi connectivity index (χ0) is 15.5. The molecule has 3 aromatic rings. The van der Waals surface area contributed by atoms with Crippen molar-refractivity contribution in [3.05, 3.63) is 50.8 Å². The highest BCUT2D eigenvalue weighted by atomic mass is 32.1. The van der Waals surface area contributed by atoms with Gasteiger partial charge in [0.2, 0.25) is 5.78 Å². The Balaban J connectivity index is 1.77. The van der Waals surface area contributed by atoms with E-state index in [4.69, 9.17) is 0 Å². The molecule has 9 heteroatoms. The molecule has 0 fully saturated rings. The van der Waals surface area contributed by atoms with E-state index in [1.165, 1.54) is 23.7 Å². The van der Waals surface area contributed by atoms with Crippen molar-refractivity contribution in [3.8, 4) is 0 Å². The van der Waals surface area contributed by atoms with Gasteiger partial charge in [-0.05, 0) is 18.4 Å². The fraction of sp³-hybridized carbons (Fsp3) is 0.154. The number of fused-ring (bicyclic) bond motifs is 1. The van der Waals surface area contributed by atoms with E-state index in [0.29, 0.717) is 11.5 Å². The summed E-state index contributed by atoms with van der Waals surface area (Å²) in [6.45, 7) is 1.73. The summed E-state index contributed by atoms with van der Waals surface area (Å²) >= 11 is 1.52. The van der Waals surface area contributed by atoms with Gasteiger partial charge in [-0.15, -0.1) is 11.3 Å². The van der Waals surface area contributed by atoms with Gasteiger partial charge in [-0.2, -0.15) is 19.7 Å². The van der Waals surface area contributed by atoms with Crippen LogP contribution in [0.15, 0.2) is 39.8 Å². The molecule has 0 aliphatic heterocycles. The Labute approximate surface area is 128 Å². The molecule has 0 bridgehead atoms. The van der Waals surface area contributed by atoms with Crippen LogP contribution in [0.2, 0.25) is 0 Å². The zero-order valence-corrected chi connectivity index (χ0v) is 12.4. The van der Waals surface area contributed by atoms with Crippen molar-refractivity contribution in [2.75, 3.05) is 0 Å². The minimum atomic E-state index is -0.315. The van der Waals surface area contributed by atoms with Gasteiger partial charge in [0.05, 0.1) is 6.21 Å². The van der Waals surface area contributed by atoms with E-state index in [1.54, 1.807) is 17.7 Å². The third kappa shape index (κ3) is 2.79. The van der Waals surface area contributed by atoms with Gasteiger partial charge in [0.1, 0.15) is 12.9 Å². The minimum absolute atomic E-state index is 0.00388. The summed E-state index contributed by atoms with van der Waals surface area (Å²) < 4.78 is 2.75. The summed E-state index contributed by atoms with van der Waals surface area (Å²) in [6.07, 6.45) is 2.85. The predicted octanol–water partition coefficient (Wildman–Crippen LogP) is 0.411. The summed E-state index contributed by atoms with van der Waals surface area (Å²) in [5.41, 5.74) is 2.80. The number of amides is 1. The van der Waals surface area contributed by atoms with Crippen molar-refractivity contribution in [1.82, 2.24) is 24.6 Å². The van der Waals surface area contributed by atoms with Crippen molar-refractivity contribution in [1.29, 1.82) is 0 Å². The van der Waals surface area contributed by atoms with E-state index in [1.807, 2.05) is 17.5 Å². The first-order chi connectivity index (χ1) is 10.6. The molecular weight excluding hydrogens is 304 g/mol. The number of nitrogens with one attached hydrogen (secondary N) is 1. The van der Waals surface area contributed by atoms with E-state index in [9.17, 15) is 9.59 Å². The summed E-state index contributed by atoms with van der Waals surface area (Å²) in [5, 5.41) is 9.65. The first-order valence-corrected chi connectivity index (χ1v) is 7.29. The molecule has 112 valence electrons. The van der Waals surface area contributed by atoms with Gasteiger partial charge in [-0.1, -0.05) is 6.07 Å². The second kappa shape index (κ2) is 5.90. The van der Waals surface area contributed by atoms with Crippen LogP contribution in [-0.4, -0.2) is 31.3 Å². The molecule has 0 unspecified atom stereocenters. The van der Waals surface area contributed by atoms with Crippen LogP contribution in [-0.2, 0) is 11.3 Å². The van der Waals surface area contributed by atoms with Gasteiger partial charge < -0.3 is 4.57 Å². The Hall–Kier alpha value is -2.81. The minimum Gasteiger partial charge on any atom is -0.305 e. The summed E-state index contributed by atoms with van der Waals surface area (Å²) in [4.78, 5) is 28.6. The van der Waals surface area contributed by atoms with Crippen molar-refractivity contribution >= 4 is 29.2 Å². The lowest BCUT2D eigenvalue weighted by Gasteiger charge is -2.09. The third-order valence-corrected chi connectivity index (χ3v) is 3.77. The average molecular weight is 316 g/mol. The van der Waals surface area contributed by atoms with Crippen LogP contribution in [0.25, 0.3) is 5.78 Å². The third-order valence-electron chi connectivity index (χ3n) is 2.96. The largest absolute Gasteiger partial charge is 0.305 e. The van der Waals surface area contributed by atoms with Gasteiger partial charge in [-0.3, -0.25) is 9.59 Å². The van der Waals surface area contributed by atoms with Crippen molar-refractivity contribution in [2.45, 2.75) is 13.5 Å². The highest BCUT2D eigenvalue weighted by Crippen LogP contribution is 2.04. The Morgan fingerprint density at radius 1 is 1.55 bits per heavy atom. The number of hydrogen-bond acceptors (Lipinski definition) is 6. The molecule has 8 nitrogen and oxygen atoms in total. The lowest BCUT2D eigenvalue weighted by molar-refractivity contribution is -0.121. The molecule has 0 saturated heterocycles. The number of rotatable bonds is 4. The first-order valence-electron chi connectivity index (χ1n) is 6.41. The van der Waals surface area contributed by atoms with E-state index < -0.39 is 0 Å². The van der Waals surface area contributed by atoms with Gasteiger partial charge in [0, 0.05) is 16.6 Å². The Bertz CT molecular complexity index is 893. The van der Waals surface area contributed by atoms with Crippen LogP contribution < -0.4 is 11.0 Å². The molecule has 0 aliphatic rings. The number of carbonyl (C=O) groups is 1. The Morgan fingerprint density at radius 2 is 2.41 bits per heavy atom. The number of thiophene rings is 1. The maximum absolute atomic E-state index is 12.0. The van der Waals surface area contributed by atoms with E-state index >= 15 is 0 Å².